The molecule has 0 unspecified atom stereocenters. The van der Waals surface area contributed by atoms with Crippen molar-refractivity contribution in [3.05, 3.63) is 41.5 Å². The Labute approximate surface area is 258 Å². The van der Waals surface area contributed by atoms with Gasteiger partial charge < -0.3 is 68.5 Å². The topological polar surface area (TPSA) is 212 Å². The van der Waals surface area contributed by atoms with Gasteiger partial charge in [-0.15, -0.1) is 0 Å². The molecular weight excluding hydrogens is 600 g/mol. The van der Waals surface area contributed by atoms with Crippen LogP contribution in [0.5, 0.6) is 28.7 Å². The molecule has 2 fully saturated rings. The van der Waals surface area contributed by atoms with Gasteiger partial charge in [0.1, 0.15) is 71.6 Å². The number of aliphatic hydroxyl groups excluding tert-OH is 5. The number of methoxy groups -OCH3 is 3. The van der Waals surface area contributed by atoms with Crippen molar-refractivity contribution in [3.8, 4) is 28.7 Å². The van der Waals surface area contributed by atoms with Crippen LogP contribution < -0.4 is 18.9 Å². The summed E-state index contributed by atoms with van der Waals surface area (Å²) >= 11 is 0. The van der Waals surface area contributed by atoms with E-state index in [9.17, 15) is 35.4 Å². The van der Waals surface area contributed by atoms with Crippen molar-refractivity contribution in [1.29, 1.82) is 0 Å². The molecule has 45 heavy (non-hydrogen) atoms. The fourth-order valence-electron chi connectivity index (χ4n) is 5.59. The molecule has 6 N–H and O–H groups in total. The predicted molar refractivity (Wildman–Crippen MR) is 150 cm³/mol. The van der Waals surface area contributed by atoms with Gasteiger partial charge in [0.15, 0.2) is 23.6 Å². The fourth-order valence-corrected chi connectivity index (χ4v) is 5.59. The molecule has 0 aliphatic carbocycles. The summed E-state index contributed by atoms with van der Waals surface area (Å²) in [4.78, 5) is 13.1. The van der Waals surface area contributed by atoms with E-state index < -0.39 is 79.9 Å². The molecule has 3 heterocycles. The molecular formula is C30H38O15. The minimum Gasteiger partial charge on any atom is -0.507 e. The van der Waals surface area contributed by atoms with E-state index in [1.165, 1.54) is 40.4 Å². The van der Waals surface area contributed by atoms with Crippen molar-refractivity contribution in [2.24, 2.45) is 0 Å². The zero-order chi connectivity index (χ0) is 32.6. The van der Waals surface area contributed by atoms with E-state index >= 15 is 0 Å². The maximum absolute atomic E-state index is 13.1. The zero-order valence-electron chi connectivity index (χ0n) is 25.0. The summed E-state index contributed by atoms with van der Waals surface area (Å²) in [5.41, 5.74) is 0.609. The summed E-state index contributed by atoms with van der Waals surface area (Å²) in [6, 6.07) is 7.69. The minimum atomic E-state index is -1.59. The first kappa shape index (κ1) is 33.1. The number of ketones is 1. The SMILES string of the molecule is COc1ccc([C@@H]2CC(=O)c3c(O)cc(O[C@@H]4O[C@H](CO[C@@H]5O[C@@H](C)[C@H](O)[C@@H](O)[C@H]5O)[C@@H](O)[C@H](O)[C@H]4OC)cc3O2)cc1OC. The number of benzene rings is 2. The second-order valence-electron chi connectivity index (χ2n) is 11.0. The number of Topliss-reactive ketones (excluding diaryl/α,β-unsaturated/α-hetero) is 1. The van der Waals surface area contributed by atoms with Crippen LogP contribution in [0.4, 0.5) is 0 Å². The number of rotatable bonds is 9. The van der Waals surface area contributed by atoms with Crippen LogP contribution in [0.3, 0.4) is 0 Å². The lowest BCUT2D eigenvalue weighted by atomic mass is 9.95. The Balaban J connectivity index is 1.33. The van der Waals surface area contributed by atoms with Crippen LogP contribution in [0, 0.1) is 0 Å². The second kappa shape index (κ2) is 13.6. The van der Waals surface area contributed by atoms with E-state index in [0.29, 0.717) is 17.1 Å². The molecule has 3 aliphatic rings. The monoisotopic (exact) mass is 638 g/mol. The van der Waals surface area contributed by atoms with Gasteiger partial charge in [0, 0.05) is 19.2 Å². The maximum atomic E-state index is 13.1. The van der Waals surface area contributed by atoms with Crippen LogP contribution >= 0.6 is 0 Å². The average molecular weight is 639 g/mol. The molecule has 0 bridgehead atoms. The summed E-state index contributed by atoms with van der Waals surface area (Å²) in [6.07, 6.45) is -14.3. The van der Waals surface area contributed by atoms with Gasteiger partial charge in [0.25, 0.3) is 0 Å². The Morgan fingerprint density at radius 1 is 0.844 bits per heavy atom. The number of phenolic OH excluding ortho intramolecular Hbond substituents is 1. The molecule has 0 aromatic heterocycles. The van der Waals surface area contributed by atoms with E-state index in [4.69, 9.17) is 37.9 Å². The first-order valence-corrected chi connectivity index (χ1v) is 14.3. The van der Waals surface area contributed by atoms with Crippen molar-refractivity contribution < 1.29 is 73.3 Å². The Morgan fingerprint density at radius 2 is 1.58 bits per heavy atom. The third-order valence-corrected chi connectivity index (χ3v) is 8.16. The fraction of sp³-hybridized carbons (Fsp3) is 0.567. The predicted octanol–water partition coefficient (Wildman–Crippen LogP) is -0.199. The standard InChI is InChI=1S/C30H38O15/c1-12-23(33)25(35)27(37)29(42-12)41-11-21-24(34)26(36)28(40-4)30(45-21)43-14-8-15(31)22-16(32)10-18(44-20(22)9-14)13-5-6-17(38-2)19(7-13)39-3/h5-9,12,18,21,23-31,33-37H,10-11H2,1-4H3/t12-,18-,21+,23-,24+,25+,26-,27+,28+,29+,30+/m0/s1. The highest BCUT2D eigenvalue weighted by Crippen LogP contribution is 2.43. The largest absolute Gasteiger partial charge is 0.507 e. The summed E-state index contributed by atoms with van der Waals surface area (Å²) in [7, 11) is 4.27. The average Bonchev–Trinajstić information content (AvgIpc) is 3.02. The molecule has 2 aromatic rings. The summed E-state index contributed by atoms with van der Waals surface area (Å²) < 4.78 is 44.9. The van der Waals surface area contributed by atoms with Gasteiger partial charge >= 0.3 is 0 Å². The Kier molecular flexibility index (Phi) is 10.0. The molecule has 0 saturated carbocycles. The summed E-state index contributed by atoms with van der Waals surface area (Å²) in [6.45, 7) is 1.06. The molecule has 0 radical (unpaired) electrons. The minimum absolute atomic E-state index is 0.000657. The number of aliphatic hydroxyl groups is 5. The van der Waals surface area contributed by atoms with E-state index in [1.54, 1.807) is 18.2 Å². The van der Waals surface area contributed by atoms with E-state index in [2.05, 4.69) is 0 Å². The van der Waals surface area contributed by atoms with Crippen molar-refractivity contribution in [1.82, 2.24) is 0 Å². The molecule has 5 rings (SSSR count). The van der Waals surface area contributed by atoms with Crippen LogP contribution in [0.1, 0.15) is 35.4 Å². The lowest BCUT2D eigenvalue weighted by Gasteiger charge is -2.43. The summed E-state index contributed by atoms with van der Waals surface area (Å²) in [5.74, 6) is 0.231. The number of hydrogen-bond acceptors (Lipinski definition) is 15. The smallest absolute Gasteiger partial charge is 0.229 e. The number of carbonyl (C=O) groups excluding carboxylic acids is 1. The van der Waals surface area contributed by atoms with Crippen molar-refractivity contribution in [2.75, 3.05) is 27.9 Å². The number of carbonyl (C=O) groups is 1. The number of fused-ring (bicyclic) bond motifs is 1. The van der Waals surface area contributed by atoms with Gasteiger partial charge in [-0.3, -0.25) is 4.79 Å². The van der Waals surface area contributed by atoms with Crippen molar-refractivity contribution in [2.45, 2.75) is 80.9 Å². The molecule has 2 saturated heterocycles. The highest BCUT2D eigenvalue weighted by atomic mass is 16.7. The van der Waals surface area contributed by atoms with E-state index in [1.807, 2.05) is 0 Å². The van der Waals surface area contributed by atoms with Crippen LogP contribution in [0.2, 0.25) is 0 Å². The normalized spacial score (nSPS) is 34.9. The highest BCUT2D eigenvalue weighted by Gasteiger charge is 2.48. The van der Waals surface area contributed by atoms with Gasteiger partial charge in [-0.2, -0.15) is 0 Å². The number of ether oxygens (including phenoxy) is 8. The summed E-state index contributed by atoms with van der Waals surface area (Å²) in [5, 5.41) is 62.5. The highest BCUT2D eigenvalue weighted by molar-refractivity contribution is 6.02. The quantitative estimate of drug-likeness (QED) is 0.210. The van der Waals surface area contributed by atoms with E-state index in [0.717, 1.165) is 0 Å². The van der Waals surface area contributed by atoms with Crippen molar-refractivity contribution >= 4 is 5.78 Å². The zero-order valence-corrected chi connectivity index (χ0v) is 25.0. The third-order valence-electron chi connectivity index (χ3n) is 8.16. The van der Waals surface area contributed by atoms with Gasteiger partial charge in [-0.25, -0.2) is 0 Å². The lowest BCUT2D eigenvalue weighted by Crippen LogP contribution is -2.62. The van der Waals surface area contributed by atoms with Crippen LogP contribution in [0.25, 0.3) is 0 Å². The van der Waals surface area contributed by atoms with Crippen molar-refractivity contribution in [3.63, 3.8) is 0 Å². The van der Waals surface area contributed by atoms with Crippen LogP contribution in [0.15, 0.2) is 30.3 Å². The second-order valence-corrected chi connectivity index (χ2v) is 11.0. The first-order valence-electron chi connectivity index (χ1n) is 14.3. The first-order chi connectivity index (χ1) is 21.5. The number of aromatic hydroxyl groups is 1. The van der Waals surface area contributed by atoms with E-state index in [-0.39, 0.29) is 29.3 Å². The third kappa shape index (κ3) is 6.54. The molecule has 248 valence electrons. The molecule has 15 heteroatoms. The Hall–Kier alpha value is -3.25. The molecule has 0 spiro atoms. The molecule has 0 amide bonds. The van der Waals surface area contributed by atoms with Crippen LogP contribution in [-0.4, -0.2) is 126 Å². The van der Waals surface area contributed by atoms with Gasteiger partial charge in [-0.1, -0.05) is 6.07 Å². The molecule has 15 nitrogen and oxygen atoms in total. The van der Waals surface area contributed by atoms with Crippen LogP contribution in [-0.2, 0) is 18.9 Å². The number of hydrogen-bond donors (Lipinski definition) is 6. The van der Waals surface area contributed by atoms with Gasteiger partial charge in [-0.05, 0) is 24.6 Å². The lowest BCUT2D eigenvalue weighted by molar-refractivity contribution is -0.320. The Bertz CT molecular complexity index is 1350. The molecule has 3 aliphatic heterocycles. The number of phenols is 1. The van der Waals surface area contributed by atoms with Gasteiger partial charge in [0.2, 0.25) is 6.29 Å². The molecule has 11 atom stereocenters. The Morgan fingerprint density at radius 3 is 2.27 bits per heavy atom. The maximum Gasteiger partial charge on any atom is 0.229 e. The molecule has 2 aromatic carbocycles. The van der Waals surface area contributed by atoms with Gasteiger partial charge in [0.05, 0.1) is 33.4 Å².